The van der Waals surface area contributed by atoms with E-state index in [1.54, 1.807) is 11.8 Å². The number of hydrogen-bond donors (Lipinski definition) is 1. The van der Waals surface area contributed by atoms with Gasteiger partial charge in [-0.15, -0.1) is 11.8 Å². The van der Waals surface area contributed by atoms with E-state index in [4.69, 9.17) is 0 Å². The van der Waals surface area contributed by atoms with Crippen LogP contribution in [-0.4, -0.2) is 29.0 Å². The lowest BCUT2D eigenvalue weighted by Crippen LogP contribution is -2.30. The quantitative estimate of drug-likeness (QED) is 0.396. The number of carbonyl (C=O) groups is 2. The van der Waals surface area contributed by atoms with Crippen LogP contribution in [0.1, 0.15) is 26.9 Å². The second kappa shape index (κ2) is 9.51. The van der Waals surface area contributed by atoms with Crippen molar-refractivity contribution in [3.63, 3.8) is 0 Å². The lowest BCUT2D eigenvalue weighted by atomic mass is 10.1. The Balaban J connectivity index is 1.29. The van der Waals surface area contributed by atoms with Gasteiger partial charge in [-0.25, -0.2) is 0 Å². The van der Waals surface area contributed by atoms with Gasteiger partial charge in [0.05, 0.1) is 5.75 Å². The molecule has 0 aliphatic carbocycles. The third-order valence-electron chi connectivity index (χ3n) is 5.95. The number of nitrogens with zero attached hydrogens (tertiary/aromatic N) is 1. The fourth-order valence-corrected chi connectivity index (χ4v) is 5.41. The van der Waals surface area contributed by atoms with Gasteiger partial charge in [-0.05, 0) is 41.1 Å². The highest BCUT2D eigenvalue weighted by Gasteiger charge is 2.32. The molecule has 1 N–H and O–H groups in total. The summed E-state index contributed by atoms with van der Waals surface area (Å²) in [6, 6.07) is 31.7. The molecular weight excluding hydrogens is 428 g/mol. The zero-order chi connectivity index (χ0) is 22.6. The minimum atomic E-state index is -0.144. The maximum Gasteiger partial charge on any atom is 0.255 e. The molecule has 1 heterocycles. The number of carbonyl (C=O) groups excluding carboxylic acids is 2. The van der Waals surface area contributed by atoms with E-state index < -0.39 is 0 Å². The van der Waals surface area contributed by atoms with E-state index in [1.165, 1.54) is 5.56 Å². The van der Waals surface area contributed by atoms with Crippen LogP contribution in [0, 0.1) is 0 Å². The van der Waals surface area contributed by atoms with Crippen LogP contribution in [0.5, 0.6) is 0 Å². The van der Waals surface area contributed by atoms with E-state index in [2.05, 4.69) is 17.4 Å². The second-order valence-electron chi connectivity index (χ2n) is 8.09. The Morgan fingerprint density at radius 1 is 0.879 bits per heavy atom. The van der Waals surface area contributed by atoms with Crippen molar-refractivity contribution in [1.82, 2.24) is 4.90 Å². The van der Waals surface area contributed by atoms with Crippen molar-refractivity contribution < 1.29 is 9.59 Å². The van der Waals surface area contributed by atoms with E-state index in [0.29, 0.717) is 17.9 Å². The third kappa shape index (κ3) is 4.64. The van der Waals surface area contributed by atoms with Crippen molar-refractivity contribution in [3.8, 4) is 0 Å². The highest BCUT2D eigenvalue weighted by molar-refractivity contribution is 8.00. The highest BCUT2D eigenvalue weighted by Crippen LogP contribution is 2.38. The zero-order valence-corrected chi connectivity index (χ0v) is 18.9. The summed E-state index contributed by atoms with van der Waals surface area (Å²) in [4.78, 5) is 27.3. The monoisotopic (exact) mass is 452 g/mol. The number of anilines is 1. The molecule has 5 heteroatoms. The zero-order valence-electron chi connectivity index (χ0n) is 18.1. The summed E-state index contributed by atoms with van der Waals surface area (Å²) in [5, 5.41) is 5.12. The molecule has 4 aromatic carbocycles. The van der Waals surface area contributed by atoms with Gasteiger partial charge in [0.15, 0.2) is 0 Å². The van der Waals surface area contributed by atoms with E-state index in [-0.39, 0.29) is 17.2 Å². The lowest BCUT2D eigenvalue weighted by molar-refractivity contribution is -0.128. The molecule has 5 rings (SSSR count). The van der Waals surface area contributed by atoms with Crippen molar-refractivity contribution in [3.05, 3.63) is 114 Å². The maximum absolute atomic E-state index is 12.9. The van der Waals surface area contributed by atoms with Gasteiger partial charge >= 0.3 is 0 Å². The van der Waals surface area contributed by atoms with Crippen LogP contribution in [0.3, 0.4) is 0 Å². The Hall–Kier alpha value is -3.57. The van der Waals surface area contributed by atoms with Crippen molar-refractivity contribution in [2.24, 2.45) is 0 Å². The predicted octanol–water partition coefficient (Wildman–Crippen LogP) is 5.91. The number of thioether (sulfide) groups is 1. The molecule has 4 nitrogen and oxygen atoms in total. The molecule has 0 aromatic heterocycles. The number of amides is 2. The molecule has 0 bridgehead atoms. The summed E-state index contributed by atoms with van der Waals surface area (Å²) < 4.78 is 0. The van der Waals surface area contributed by atoms with Crippen LogP contribution in [0.4, 0.5) is 5.69 Å². The Kier molecular flexibility index (Phi) is 6.13. The Bertz CT molecular complexity index is 1280. The largest absolute Gasteiger partial charge is 0.326 e. The summed E-state index contributed by atoms with van der Waals surface area (Å²) in [5.41, 5.74) is 3.66. The molecule has 1 atom stereocenters. The molecule has 1 fully saturated rings. The molecule has 0 saturated carbocycles. The van der Waals surface area contributed by atoms with Gasteiger partial charge in [0.25, 0.3) is 5.91 Å². The van der Waals surface area contributed by atoms with Crippen molar-refractivity contribution in [2.45, 2.75) is 11.8 Å². The third-order valence-corrected chi connectivity index (χ3v) is 7.20. The molecule has 0 spiro atoms. The summed E-state index contributed by atoms with van der Waals surface area (Å²) >= 11 is 1.64. The van der Waals surface area contributed by atoms with E-state index in [0.717, 1.165) is 28.4 Å². The van der Waals surface area contributed by atoms with Crippen LogP contribution in [0.25, 0.3) is 10.8 Å². The number of rotatable bonds is 6. The van der Waals surface area contributed by atoms with Crippen molar-refractivity contribution in [1.29, 1.82) is 0 Å². The lowest BCUT2D eigenvalue weighted by Gasteiger charge is -2.24. The molecule has 4 aromatic rings. The molecule has 2 amide bonds. The minimum absolute atomic E-state index is 0.0172. The van der Waals surface area contributed by atoms with Crippen molar-refractivity contribution >= 4 is 40.0 Å². The minimum Gasteiger partial charge on any atom is -0.326 e. The average molecular weight is 453 g/mol. The first-order chi connectivity index (χ1) is 16.2. The van der Waals surface area contributed by atoms with Gasteiger partial charge in [-0.2, -0.15) is 0 Å². The molecule has 33 heavy (non-hydrogen) atoms. The fraction of sp³-hybridized carbons (Fsp3) is 0.143. The van der Waals surface area contributed by atoms with Crippen LogP contribution in [0.15, 0.2) is 97.1 Å². The van der Waals surface area contributed by atoms with Gasteiger partial charge in [-0.1, -0.05) is 78.9 Å². The molecule has 1 saturated heterocycles. The van der Waals surface area contributed by atoms with Crippen LogP contribution in [-0.2, 0) is 11.2 Å². The van der Waals surface area contributed by atoms with Crippen LogP contribution in [0.2, 0.25) is 0 Å². The van der Waals surface area contributed by atoms with Gasteiger partial charge in [0.1, 0.15) is 5.37 Å². The summed E-state index contributed by atoms with van der Waals surface area (Å²) in [6.07, 6.45) is 0.829. The molecule has 1 aliphatic heterocycles. The van der Waals surface area contributed by atoms with E-state index in [1.807, 2.05) is 89.8 Å². The SMILES string of the molecule is O=C(Nc1cccc2ccccc12)c1ccc([C@@H]2SCC(=O)N2CCc2ccccc2)cc1. The number of hydrogen-bond acceptors (Lipinski definition) is 3. The van der Waals surface area contributed by atoms with Crippen LogP contribution >= 0.6 is 11.8 Å². The van der Waals surface area contributed by atoms with Gasteiger partial charge < -0.3 is 10.2 Å². The highest BCUT2D eigenvalue weighted by atomic mass is 32.2. The fourth-order valence-electron chi connectivity index (χ4n) is 4.19. The normalized spacial score (nSPS) is 15.7. The summed E-state index contributed by atoms with van der Waals surface area (Å²) in [5.74, 6) is 0.510. The first-order valence-corrected chi connectivity index (χ1v) is 12.1. The molecule has 0 unspecified atom stereocenters. The maximum atomic E-state index is 12.9. The smallest absolute Gasteiger partial charge is 0.255 e. The summed E-state index contributed by atoms with van der Waals surface area (Å²) in [7, 11) is 0. The first kappa shape index (κ1) is 21.3. The van der Waals surface area contributed by atoms with E-state index in [9.17, 15) is 9.59 Å². The van der Waals surface area contributed by atoms with Crippen molar-refractivity contribution in [2.75, 3.05) is 17.6 Å². The molecular formula is C28H24N2O2S. The van der Waals surface area contributed by atoms with Crippen LogP contribution < -0.4 is 5.32 Å². The van der Waals surface area contributed by atoms with E-state index >= 15 is 0 Å². The van der Waals surface area contributed by atoms with Gasteiger partial charge in [0, 0.05) is 23.2 Å². The number of benzene rings is 4. The Labute approximate surface area is 197 Å². The second-order valence-corrected chi connectivity index (χ2v) is 9.16. The molecule has 1 aliphatic rings. The average Bonchev–Trinajstić information content (AvgIpc) is 3.24. The van der Waals surface area contributed by atoms with Gasteiger partial charge in [0.2, 0.25) is 5.91 Å². The Morgan fingerprint density at radius 2 is 1.61 bits per heavy atom. The first-order valence-electron chi connectivity index (χ1n) is 11.0. The van der Waals surface area contributed by atoms with Gasteiger partial charge in [-0.3, -0.25) is 9.59 Å². The number of fused-ring (bicyclic) bond motifs is 1. The predicted molar refractivity (Wildman–Crippen MR) is 135 cm³/mol. The Morgan fingerprint density at radius 3 is 2.42 bits per heavy atom. The molecule has 0 radical (unpaired) electrons. The topological polar surface area (TPSA) is 49.4 Å². The standard InChI is InChI=1S/C28H24N2O2S/c31-26-19-33-28(30(26)18-17-20-7-2-1-3-8-20)23-15-13-22(14-16-23)27(32)29-25-12-6-10-21-9-4-5-11-24(21)25/h1-16,28H,17-19H2,(H,29,32)/t28-/m0/s1. The summed E-state index contributed by atoms with van der Waals surface area (Å²) in [6.45, 7) is 0.684. The number of nitrogens with one attached hydrogen (secondary N) is 1. The molecule has 164 valence electrons.